The van der Waals surface area contributed by atoms with Gasteiger partial charge in [0.25, 0.3) is 0 Å². The van der Waals surface area contributed by atoms with Crippen LogP contribution in [0.5, 0.6) is 0 Å². The summed E-state index contributed by atoms with van der Waals surface area (Å²) in [4.78, 5) is 172. The molecule has 3 saturated carbocycles. The van der Waals surface area contributed by atoms with Gasteiger partial charge < -0.3 is 55.1 Å². The van der Waals surface area contributed by atoms with E-state index in [1.54, 1.807) is 27.7 Å². The van der Waals surface area contributed by atoms with Crippen molar-refractivity contribution in [3.8, 4) is 0 Å². The lowest BCUT2D eigenvalue weighted by Crippen LogP contribution is -2.64. The van der Waals surface area contributed by atoms with E-state index in [2.05, 4.69) is 16.0 Å². The Hall–Kier alpha value is -5.75. The molecule has 22 nitrogen and oxygen atoms in total. The number of nitrogens with one attached hydrogen (secondary N) is 3. The minimum atomic E-state index is -4.49. The van der Waals surface area contributed by atoms with Crippen molar-refractivity contribution in [1.29, 1.82) is 0 Å². The van der Waals surface area contributed by atoms with Gasteiger partial charge in [0.1, 0.15) is 53.9 Å². The maximum atomic E-state index is 15.2. The molecule has 91 heavy (non-hydrogen) atoms. The highest BCUT2D eigenvalue weighted by Gasteiger charge is 2.51. The number of nitrogens with zero attached hydrogens (tertiary/aromatic N) is 8. The SMILES string of the molecule is CC[C@H](C)[C@@H]1NC(=O)[C@H](C)N(C)C(=O)C[C@@H](C)N(C)C(=O)[C@H](C(C)C)N(C)C(=O)C2(CCCC2)NC(=O)[C@@H]2CCCN2C(=O)[C@H](CCC2CCC(C(F)(F)F)C(Cl)C2)NC(=O)[C@@H](C)N(C)C(=O)[C@H](CC2CCCCC2)N(C)C(=O)[C@@H]2CCCN2C(=O)CN(C)C1=O. The minimum absolute atomic E-state index is 0.0144. The zero-order valence-electron chi connectivity index (χ0n) is 56.2. The van der Waals surface area contributed by atoms with E-state index < -0.39 is 161 Å². The van der Waals surface area contributed by atoms with Crippen molar-refractivity contribution >= 4 is 76.6 Å². The van der Waals surface area contributed by atoms with Gasteiger partial charge in [-0.2, -0.15) is 13.2 Å². The molecule has 13 atom stereocenters. The maximum absolute atomic E-state index is 15.2. The van der Waals surface area contributed by atoms with Gasteiger partial charge in [0, 0.05) is 73.2 Å². The number of hydrogen-bond donors (Lipinski definition) is 3. The van der Waals surface area contributed by atoms with E-state index in [1.165, 1.54) is 95.3 Å². The molecule has 3 N–H and O–H groups in total. The summed E-state index contributed by atoms with van der Waals surface area (Å²) in [6.07, 6.45) is 3.47. The van der Waals surface area contributed by atoms with Crippen LogP contribution in [-0.4, -0.2) is 238 Å². The molecule has 6 rings (SSSR count). The van der Waals surface area contributed by atoms with Crippen molar-refractivity contribution in [3.05, 3.63) is 0 Å². The molecule has 11 amide bonds. The van der Waals surface area contributed by atoms with Gasteiger partial charge in [-0.3, -0.25) is 52.7 Å². The average molecular weight is 1310 g/mol. The molecule has 6 aliphatic rings. The standard InChI is InChI=1S/C65H105ClF3N11O11/c1-14-39(4)53-61(89)73(8)37-52(82)79-32-21-25-49(79)59(87)77(12)50(36-43-22-16-15-17-23-43)60(88)76(11)42(7)55(83)70-47(29-27-44-26-28-45(46(66)35-44)65(67,68)69)58(86)80-33-20-24-48(80)57(85)72-64(30-18-19-31-64)63(91)78(13)54(38(2)3)62(90)74(9)40(5)34-51(81)75(10)41(6)56(84)71-53/h38-50,53-54H,14-37H2,1-13H3,(H,70,83)(H,71,84)(H,72,85)/t39-,40+,41-,42+,44?,45?,46?,47-,48-,49-,50-,53-,54-/m0/s1. The lowest BCUT2D eigenvalue weighted by molar-refractivity contribution is -0.182. The molecule has 3 saturated heterocycles. The fraction of sp³-hybridized carbons (Fsp3) is 0.831. The van der Waals surface area contributed by atoms with E-state index in [9.17, 15) is 51.5 Å². The number of halogens is 4. The Kier molecular flexibility index (Phi) is 26.1. The Morgan fingerprint density at radius 1 is 0.582 bits per heavy atom. The first-order valence-electron chi connectivity index (χ1n) is 33.5. The summed E-state index contributed by atoms with van der Waals surface area (Å²) in [5.74, 6) is -9.16. The number of carbonyl (C=O) groups is 11. The zero-order valence-corrected chi connectivity index (χ0v) is 57.0. The van der Waals surface area contributed by atoms with Crippen LogP contribution in [0.3, 0.4) is 0 Å². The molecule has 26 heteroatoms. The van der Waals surface area contributed by atoms with Gasteiger partial charge in [-0.25, -0.2) is 0 Å². The van der Waals surface area contributed by atoms with Crippen molar-refractivity contribution in [2.75, 3.05) is 61.9 Å². The molecular weight excluding hydrogens is 1200 g/mol. The van der Waals surface area contributed by atoms with Crippen LogP contribution in [0, 0.1) is 29.6 Å². The molecule has 514 valence electrons. The third kappa shape index (κ3) is 17.5. The Morgan fingerprint density at radius 3 is 1.77 bits per heavy atom. The van der Waals surface area contributed by atoms with Gasteiger partial charge in [0.2, 0.25) is 65.0 Å². The van der Waals surface area contributed by atoms with E-state index in [0.717, 1.165) is 32.1 Å². The summed E-state index contributed by atoms with van der Waals surface area (Å²) in [6, 6.07) is -9.79. The summed E-state index contributed by atoms with van der Waals surface area (Å²) >= 11 is 6.39. The van der Waals surface area contributed by atoms with Crippen molar-refractivity contribution in [3.63, 3.8) is 0 Å². The second-order valence-electron chi connectivity index (χ2n) is 27.9. The predicted molar refractivity (Wildman–Crippen MR) is 336 cm³/mol. The van der Waals surface area contributed by atoms with Crippen LogP contribution < -0.4 is 16.0 Å². The van der Waals surface area contributed by atoms with Gasteiger partial charge >= 0.3 is 6.18 Å². The van der Waals surface area contributed by atoms with Crippen LogP contribution >= 0.6 is 11.6 Å². The van der Waals surface area contributed by atoms with Gasteiger partial charge in [0.15, 0.2) is 0 Å². The highest BCUT2D eigenvalue weighted by Crippen LogP contribution is 2.44. The molecule has 0 radical (unpaired) electrons. The van der Waals surface area contributed by atoms with Crippen LogP contribution in [0.2, 0.25) is 0 Å². The van der Waals surface area contributed by atoms with Gasteiger partial charge in [-0.15, -0.1) is 11.6 Å². The summed E-state index contributed by atoms with van der Waals surface area (Å²) in [7, 11) is 8.86. The molecule has 0 aromatic heterocycles. The summed E-state index contributed by atoms with van der Waals surface area (Å²) in [5.41, 5.74) is -1.48. The minimum Gasteiger partial charge on any atom is -0.343 e. The van der Waals surface area contributed by atoms with Crippen molar-refractivity contribution in [2.24, 2.45) is 29.6 Å². The molecule has 3 unspecified atom stereocenters. The zero-order chi connectivity index (χ0) is 67.7. The van der Waals surface area contributed by atoms with Crippen LogP contribution in [0.1, 0.15) is 183 Å². The van der Waals surface area contributed by atoms with E-state index in [-0.39, 0.29) is 95.6 Å². The Bertz CT molecular complexity index is 2640. The lowest BCUT2D eigenvalue weighted by atomic mass is 9.78. The quantitative estimate of drug-likeness (QED) is 0.257. The number of hydrogen-bond acceptors (Lipinski definition) is 11. The number of amides is 11. The molecule has 0 aromatic carbocycles. The van der Waals surface area contributed by atoms with Gasteiger partial charge in [-0.1, -0.05) is 79.1 Å². The van der Waals surface area contributed by atoms with Crippen LogP contribution in [0.15, 0.2) is 0 Å². The lowest BCUT2D eigenvalue weighted by Gasteiger charge is -2.41. The molecule has 3 heterocycles. The van der Waals surface area contributed by atoms with E-state index in [1.807, 2.05) is 6.92 Å². The first-order valence-corrected chi connectivity index (χ1v) is 33.9. The van der Waals surface area contributed by atoms with Crippen LogP contribution in [-0.2, 0) is 52.7 Å². The molecule has 0 bridgehead atoms. The average Bonchev–Trinajstić information content (AvgIpc) is 1.83. The number of alkyl halides is 4. The Labute approximate surface area is 541 Å². The number of fused-ring (bicyclic) bond motifs is 2. The third-order valence-corrected chi connectivity index (χ3v) is 21.9. The van der Waals surface area contributed by atoms with E-state index in [0.29, 0.717) is 32.1 Å². The fourth-order valence-corrected chi connectivity index (χ4v) is 15.2. The van der Waals surface area contributed by atoms with E-state index >= 15 is 14.4 Å². The number of rotatable bonds is 8. The fourth-order valence-electron chi connectivity index (χ4n) is 14.7. The molecule has 6 fully saturated rings. The second-order valence-corrected chi connectivity index (χ2v) is 28.4. The number of likely N-dealkylation sites (N-methyl/N-ethyl adjacent to an activating group) is 6. The van der Waals surface area contributed by atoms with Gasteiger partial charge in [0.05, 0.1) is 12.5 Å². The van der Waals surface area contributed by atoms with E-state index in [4.69, 9.17) is 11.6 Å². The topological polar surface area (TPSA) is 250 Å². The van der Waals surface area contributed by atoms with Crippen LogP contribution in [0.4, 0.5) is 13.2 Å². The second kappa shape index (κ2) is 31.9. The number of carbonyl (C=O) groups excluding carboxylic acids is 11. The normalized spacial score (nSPS) is 32.0. The summed E-state index contributed by atoms with van der Waals surface area (Å²) in [6.45, 7) is 11.7. The largest absolute Gasteiger partial charge is 0.393 e. The first-order chi connectivity index (χ1) is 42.7. The van der Waals surface area contributed by atoms with Gasteiger partial charge in [-0.05, 0) is 121 Å². The Morgan fingerprint density at radius 2 is 1.18 bits per heavy atom. The summed E-state index contributed by atoms with van der Waals surface area (Å²) < 4.78 is 41.9. The highest BCUT2D eigenvalue weighted by molar-refractivity contribution is 6.20. The highest BCUT2D eigenvalue weighted by atomic mass is 35.5. The molecule has 3 aliphatic heterocycles. The summed E-state index contributed by atoms with van der Waals surface area (Å²) in [5, 5.41) is 7.56. The Balaban J connectivity index is 1.37. The van der Waals surface area contributed by atoms with Crippen LogP contribution in [0.25, 0.3) is 0 Å². The maximum Gasteiger partial charge on any atom is 0.393 e. The molecular formula is C65H105ClF3N11O11. The predicted octanol–water partition coefficient (Wildman–Crippen LogP) is 5.46. The smallest absolute Gasteiger partial charge is 0.343 e. The molecule has 1 spiro atoms. The molecule has 0 aromatic rings. The third-order valence-electron chi connectivity index (χ3n) is 21.4. The monoisotopic (exact) mass is 1310 g/mol. The first kappa shape index (κ1) is 74.3. The molecule has 3 aliphatic carbocycles. The van der Waals surface area contributed by atoms with Crippen molar-refractivity contribution < 1.29 is 65.9 Å². The van der Waals surface area contributed by atoms with Crippen molar-refractivity contribution in [2.45, 2.75) is 255 Å². The van der Waals surface area contributed by atoms with Crippen molar-refractivity contribution in [1.82, 2.24) is 55.1 Å².